The Morgan fingerprint density at radius 1 is 1.08 bits per heavy atom. The molecule has 4 rings (SSSR count). The second-order valence-electron chi connectivity index (χ2n) is 7.46. The second kappa shape index (κ2) is 6.56. The summed E-state index contributed by atoms with van der Waals surface area (Å²) in [6.07, 6.45) is 9.16. The van der Waals surface area contributed by atoms with Gasteiger partial charge in [-0.1, -0.05) is 54.6 Å². The van der Waals surface area contributed by atoms with Crippen molar-refractivity contribution in [3.8, 4) is 0 Å². The van der Waals surface area contributed by atoms with Crippen LogP contribution in [0, 0.1) is 17.8 Å². The first-order valence-electron chi connectivity index (χ1n) is 9.11. The molecule has 2 N–H and O–H groups in total. The molecule has 3 nitrogen and oxygen atoms in total. The predicted molar refractivity (Wildman–Crippen MR) is 102 cm³/mol. The molecule has 2 unspecified atom stereocenters. The molecule has 0 aromatic heterocycles. The number of carbonyl (C=O) groups excluding carboxylic acids is 2. The van der Waals surface area contributed by atoms with Gasteiger partial charge in [-0.2, -0.15) is 0 Å². The van der Waals surface area contributed by atoms with E-state index in [0.717, 1.165) is 24.8 Å². The number of amides is 1. The summed E-state index contributed by atoms with van der Waals surface area (Å²) in [5.41, 5.74) is 9.36. The number of benzene rings is 2. The first-order valence-corrected chi connectivity index (χ1v) is 9.11. The molecule has 2 atom stereocenters. The summed E-state index contributed by atoms with van der Waals surface area (Å²) in [6, 6.07) is 15.5. The van der Waals surface area contributed by atoms with Crippen LogP contribution in [-0.2, 0) is 17.6 Å². The Kier molecular flexibility index (Phi) is 4.23. The van der Waals surface area contributed by atoms with Crippen LogP contribution in [0.2, 0.25) is 0 Å². The zero-order valence-corrected chi connectivity index (χ0v) is 14.7. The van der Waals surface area contributed by atoms with Gasteiger partial charge in [-0.3, -0.25) is 9.59 Å². The fourth-order valence-electron chi connectivity index (χ4n) is 4.27. The highest BCUT2D eigenvalue weighted by Gasteiger charge is 2.46. The molecular formula is C23H22NO2. The molecule has 1 radical (unpaired) electrons. The Morgan fingerprint density at radius 3 is 2.65 bits per heavy atom. The quantitative estimate of drug-likeness (QED) is 0.678. The van der Waals surface area contributed by atoms with Crippen LogP contribution in [-0.4, -0.2) is 11.7 Å². The Bertz CT molecular complexity index is 884. The van der Waals surface area contributed by atoms with Crippen molar-refractivity contribution in [1.82, 2.24) is 0 Å². The highest BCUT2D eigenvalue weighted by molar-refractivity contribution is 6.06. The van der Waals surface area contributed by atoms with Gasteiger partial charge in [0.2, 0.25) is 5.91 Å². The molecule has 131 valence electrons. The SMILES string of the molecule is NC(=O)C12[CH]C(CC1)Cc1ccc(C=CC(=O)c3ccccc3)cc1C2. The van der Waals surface area contributed by atoms with E-state index in [2.05, 4.69) is 18.6 Å². The van der Waals surface area contributed by atoms with Crippen molar-refractivity contribution in [1.29, 1.82) is 0 Å². The molecule has 0 aliphatic heterocycles. The minimum atomic E-state index is -0.502. The van der Waals surface area contributed by atoms with Crippen molar-refractivity contribution < 1.29 is 9.59 Å². The van der Waals surface area contributed by atoms with Gasteiger partial charge in [-0.05, 0) is 60.8 Å². The second-order valence-corrected chi connectivity index (χ2v) is 7.46. The van der Waals surface area contributed by atoms with Crippen LogP contribution >= 0.6 is 0 Å². The Balaban J connectivity index is 1.60. The average Bonchev–Trinajstić information content (AvgIpc) is 2.97. The first kappa shape index (κ1) is 16.8. The number of nitrogens with two attached hydrogens (primary N) is 1. The lowest BCUT2D eigenvalue weighted by Gasteiger charge is -2.25. The maximum atomic E-state index is 12.3. The predicted octanol–water partition coefficient (Wildman–Crippen LogP) is 3.77. The number of carbonyl (C=O) groups is 2. The molecule has 2 aliphatic rings. The van der Waals surface area contributed by atoms with Crippen LogP contribution in [0.4, 0.5) is 0 Å². The van der Waals surface area contributed by atoms with E-state index >= 15 is 0 Å². The fourth-order valence-corrected chi connectivity index (χ4v) is 4.27. The average molecular weight is 344 g/mol. The number of hydrogen-bond donors (Lipinski definition) is 1. The normalized spacial score (nSPS) is 24.2. The van der Waals surface area contributed by atoms with E-state index in [9.17, 15) is 9.59 Å². The van der Waals surface area contributed by atoms with Gasteiger partial charge in [-0.15, -0.1) is 0 Å². The van der Waals surface area contributed by atoms with Gasteiger partial charge in [0.25, 0.3) is 0 Å². The summed E-state index contributed by atoms with van der Waals surface area (Å²) in [4.78, 5) is 24.3. The monoisotopic (exact) mass is 344 g/mol. The Morgan fingerprint density at radius 2 is 1.88 bits per heavy atom. The largest absolute Gasteiger partial charge is 0.369 e. The molecule has 2 bridgehead atoms. The standard InChI is InChI=1S/C23H22NO2/c24-22(26)23-11-10-17(14-23)13-19-8-6-16(12-20(19)15-23)7-9-21(25)18-4-2-1-3-5-18/h1-9,12,14,17H,10-11,13,15H2,(H2,24,26). The molecule has 1 fully saturated rings. The van der Waals surface area contributed by atoms with Gasteiger partial charge in [-0.25, -0.2) is 0 Å². The molecule has 3 heteroatoms. The lowest BCUT2D eigenvalue weighted by Crippen LogP contribution is -2.37. The summed E-state index contributed by atoms with van der Waals surface area (Å²) >= 11 is 0. The number of allylic oxidation sites excluding steroid dienone is 1. The van der Waals surface area contributed by atoms with E-state index in [4.69, 9.17) is 5.73 Å². The zero-order chi connectivity index (χ0) is 18.1. The van der Waals surface area contributed by atoms with Gasteiger partial charge < -0.3 is 5.73 Å². The van der Waals surface area contributed by atoms with Crippen molar-refractivity contribution in [2.75, 3.05) is 0 Å². The van der Waals surface area contributed by atoms with Crippen molar-refractivity contribution in [3.05, 3.63) is 83.3 Å². The smallest absolute Gasteiger partial charge is 0.224 e. The third kappa shape index (κ3) is 3.10. The van der Waals surface area contributed by atoms with Crippen molar-refractivity contribution >= 4 is 17.8 Å². The molecule has 0 saturated heterocycles. The highest BCUT2D eigenvalue weighted by atomic mass is 16.1. The molecule has 1 saturated carbocycles. The van der Waals surface area contributed by atoms with E-state index in [0.29, 0.717) is 17.9 Å². The van der Waals surface area contributed by atoms with Crippen LogP contribution in [0.3, 0.4) is 0 Å². The lowest BCUT2D eigenvalue weighted by molar-refractivity contribution is -0.125. The number of rotatable bonds is 4. The molecular weight excluding hydrogens is 322 g/mol. The van der Waals surface area contributed by atoms with Crippen LogP contribution in [0.1, 0.15) is 39.9 Å². The van der Waals surface area contributed by atoms with Crippen LogP contribution in [0.25, 0.3) is 6.08 Å². The van der Waals surface area contributed by atoms with E-state index < -0.39 is 5.41 Å². The third-order valence-corrected chi connectivity index (χ3v) is 5.71. The van der Waals surface area contributed by atoms with E-state index in [1.807, 2.05) is 42.5 Å². The minimum Gasteiger partial charge on any atom is -0.369 e. The lowest BCUT2D eigenvalue weighted by atomic mass is 9.79. The molecule has 0 spiro atoms. The number of hydrogen-bond acceptors (Lipinski definition) is 2. The van der Waals surface area contributed by atoms with E-state index in [-0.39, 0.29) is 11.7 Å². The van der Waals surface area contributed by atoms with Crippen molar-refractivity contribution in [2.45, 2.75) is 25.7 Å². The number of fused-ring (bicyclic) bond motifs is 3. The van der Waals surface area contributed by atoms with Crippen LogP contribution < -0.4 is 5.73 Å². The molecule has 0 heterocycles. The minimum absolute atomic E-state index is 0.0125. The number of primary amides is 1. The summed E-state index contributed by atoms with van der Waals surface area (Å²) in [6.45, 7) is 0. The Hall–Kier alpha value is -2.68. The molecule has 1 amide bonds. The van der Waals surface area contributed by atoms with Crippen LogP contribution in [0.15, 0.2) is 54.6 Å². The highest BCUT2D eigenvalue weighted by Crippen LogP contribution is 2.47. The van der Waals surface area contributed by atoms with Gasteiger partial charge >= 0.3 is 0 Å². The topological polar surface area (TPSA) is 60.2 Å². The summed E-state index contributed by atoms with van der Waals surface area (Å²) in [5, 5.41) is 0. The first-order chi connectivity index (χ1) is 12.6. The Labute approximate surface area is 153 Å². The molecule has 26 heavy (non-hydrogen) atoms. The summed E-state index contributed by atoms with van der Waals surface area (Å²) < 4.78 is 0. The van der Waals surface area contributed by atoms with Gasteiger partial charge in [0, 0.05) is 5.56 Å². The van der Waals surface area contributed by atoms with Crippen LogP contribution in [0.5, 0.6) is 0 Å². The van der Waals surface area contributed by atoms with Gasteiger partial charge in [0.05, 0.1) is 5.41 Å². The van der Waals surface area contributed by atoms with Gasteiger partial charge in [0.15, 0.2) is 5.78 Å². The van der Waals surface area contributed by atoms with Gasteiger partial charge in [0.1, 0.15) is 0 Å². The van der Waals surface area contributed by atoms with E-state index in [1.54, 1.807) is 6.08 Å². The maximum absolute atomic E-state index is 12.3. The van der Waals surface area contributed by atoms with E-state index in [1.165, 1.54) is 11.1 Å². The maximum Gasteiger partial charge on any atom is 0.224 e. The molecule has 2 aromatic rings. The molecule has 2 aromatic carbocycles. The summed E-state index contributed by atoms with van der Waals surface area (Å²) in [5.74, 6) is 0.208. The number of ketones is 1. The van der Waals surface area contributed by atoms with Crippen molar-refractivity contribution in [2.24, 2.45) is 17.1 Å². The zero-order valence-electron chi connectivity index (χ0n) is 14.7. The third-order valence-electron chi connectivity index (χ3n) is 5.71. The molecule has 2 aliphatic carbocycles. The fraction of sp³-hybridized carbons (Fsp3) is 0.261. The summed E-state index contributed by atoms with van der Waals surface area (Å²) in [7, 11) is 0. The van der Waals surface area contributed by atoms with Crippen molar-refractivity contribution in [3.63, 3.8) is 0 Å².